The Balaban J connectivity index is 1.57. The molecule has 0 saturated carbocycles. The van der Waals surface area contributed by atoms with E-state index in [1.165, 1.54) is 31.4 Å². The van der Waals surface area contributed by atoms with E-state index in [9.17, 15) is 53.3 Å². The first kappa shape index (κ1) is 51.3. The molecule has 0 radical (unpaired) electrons. The molecule has 2 atom stereocenters. The normalized spacial score (nSPS) is 21.0. The Hall–Kier alpha value is -4.65. The topological polar surface area (TPSA) is 261 Å². The molecule has 356 valence electrons. The van der Waals surface area contributed by atoms with E-state index in [4.69, 9.17) is 19.0 Å². The van der Waals surface area contributed by atoms with E-state index in [-0.39, 0.29) is 74.6 Å². The summed E-state index contributed by atoms with van der Waals surface area (Å²) in [4.78, 5) is 43.2. The van der Waals surface area contributed by atoms with Crippen LogP contribution >= 0.6 is 0 Å². The zero-order valence-corrected chi connectivity index (χ0v) is 39.3. The number of benzene rings is 2. The van der Waals surface area contributed by atoms with Crippen molar-refractivity contribution in [2.45, 2.75) is 86.3 Å². The van der Waals surface area contributed by atoms with Gasteiger partial charge in [-0.1, -0.05) is 17.7 Å². The number of allylic oxidation sites excluding steroid dienone is 6. The van der Waals surface area contributed by atoms with Crippen LogP contribution in [0.25, 0.3) is 0 Å². The molecule has 0 aliphatic carbocycles. The van der Waals surface area contributed by atoms with Crippen molar-refractivity contribution in [2.24, 2.45) is 0 Å². The fourth-order valence-electron chi connectivity index (χ4n) is 8.37. The van der Waals surface area contributed by atoms with Crippen LogP contribution in [0.5, 0.6) is 0 Å². The average Bonchev–Trinajstić information content (AvgIpc) is 3.75. The molecule has 2 unspecified atom stereocenters. The molecule has 2 aromatic carbocycles. The van der Waals surface area contributed by atoms with Crippen LogP contribution in [-0.4, -0.2) is 132 Å². The van der Waals surface area contributed by atoms with E-state index in [1.54, 1.807) is 19.2 Å². The highest BCUT2D eigenvalue weighted by Gasteiger charge is 2.48. The van der Waals surface area contributed by atoms with Crippen molar-refractivity contribution in [1.82, 2.24) is 5.06 Å². The number of imide groups is 1. The largest absolute Gasteiger partial charge is 0.385 e. The van der Waals surface area contributed by atoms with Gasteiger partial charge in [0.05, 0.1) is 34.2 Å². The van der Waals surface area contributed by atoms with E-state index in [0.29, 0.717) is 64.2 Å². The quantitative estimate of drug-likeness (QED) is 0.0457. The van der Waals surface area contributed by atoms with Crippen LogP contribution in [0.1, 0.15) is 76.8 Å². The van der Waals surface area contributed by atoms with Gasteiger partial charge in [-0.25, -0.2) is 4.79 Å². The van der Waals surface area contributed by atoms with E-state index in [1.807, 2.05) is 54.6 Å². The van der Waals surface area contributed by atoms with Crippen molar-refractivity contribution in [3.8, 4) is 0 Å². The van der Waals surface area contributed by atoms with Gasteiger partial charge in [0, 0.05) is 81.1 Å². The first-order valence-electron chi connectivity index (χ1n) is 20.8. The summed E-state index contributed by atoms with van der Waals surface area (Å²) in [5.74, 6) is -2.55. The van der Waals surface area contributed by atoms with Crippen LogP contribution in [0.3, 0.4) is 0 Å². The molecule has 22 heteroatoms. The molecule has 0 spiro atoms. The molecule has 1 saturated heterocycles. The Morgan fingerprint density at radius 2 is 1.45 bits per heavy atom. The number of nitrogens with zero attached hydrogens (tertiary/aromatic N) is 3. The summed E-state index contributed by atoms with van der Waals surface area (Å²) >= 11 is 0. The molecule has 5 rings (SSSR count). The maximum absolute atomic E-state index is 12.8. The van der Waals surface area contributed by atoms with Gasteiger partial charge in [0.2, 0.25) is 5.69 Å². The third-order valence-corrected chi connectivity index (χ3v) is 14.3. The molecule has 1 fully saturated rings. The summed E-state index contributed by atoms with van der Waals surface area (Å²) < 4.78 is 121. The minimum absolute atomic E-state index is 0.00326. The lowest BCUT2D eigenvalue weighted by molar-refractivity contribution is -0.442. The smallest absolute Gasteiger partial charge is 0.333 e. The van der Waals surface area contributed by atoms with Crippen molar-refractivity contribution in [1.29, 1.82) is 0 Å². The fraction of sp³-hybridized carbons (Fsp3) is 0.488. The highest BCUT2D eigenvalue weighted by Crippen LogP contribution is 2.51. The molecule has 0 bridgehead atoms. The lowest BCUT2D eigenvalue weighted by atomic mass is 9.75. The van der Waals surface area contributed by atoms with E-state index >= 15 is 0 Å². The molecular weight excluding hydrogens is 911 g/mol. The van der Waals surface area contributed by atoms with Crippen LogP contribution in [-0.2, 0) is 74.6 Å². The van der Waals surface area contributed by atoms with E-state index < -0.39 is 64.7 Å². The number of hydrogen-bond acceptors (Lipinski definition) is 14. The highest BCUT2D eigenvalue weighted by molar-refractivity contribution is 7.86. The molecule has 3 heterocycles. The Labute approximate surface area is 379 Å². The van der Waals surface area contributed by atoms with Crippen molar-refractivity contribution >= 4 is 65.2 Å². The number of ether oxygens (including phenoxy) is 3. The minimum atomic E-state index is -4.63. The second-order valence-corrected chi connectivity index (χ2v) is 20.8. The maximum atomic E-state index is 12.8. The molecule has 3 aliphatic rings. The van der Waals surface area contributed by atoms with E-state index in [2.05, 4.69) is 0 Å². The first-order chi connectivity index (χ1) is 30.4. The number of amides is 2. The monoisotopic (exact) mass is 966 g/mol. The van der Waals surface area contributed by atoms with Crippen molar-refractivity contribution in [3.63, 3.8) is 0 Å². The van der Waals surface area contributed by atoms with E-state index in [0.717, 1.165) is 0 Å². The Kier molecular flexibility index (Phi) is 16.5. The number of hydrogen-bond donors (Lipinski definition) is 3. The first-order valence-corrected chi connectivity index (χ1v) is 25.2. The lowest BCUT2D eigenvalue weighted by Crippen LogP contribution is -2.33. The number of carbonyl (C=O) groups excluding carboxylic acids is 3. The van der Waals surface area contributed by atoms with Gasteiger partial charge in [0.1, 0.15) is 6.61 Å². The fourth-order valence-corrected chi connectivity index (χ4v) is 9.89. The number of hydroxylamine groups is 2. The number of methoxy groups -OCH3 is 2. The third-order valence-electron chi connectivity index (χ3n) is 11.8. The Bertz CT molecular complexity index is 2620. The van der Waals surface area contributed by atoms with Gasteiger partial charge in [0.25, 0.3) is 42.2 Å². The Morgan fingerprint density at radius 3 is 2.06 bits per heavy atom. The van der Waals surface area contributed by atoms with Gasteiger partial charge in [-0.05, 0) is 88.4 Å². The standard InChI is InChI=1S/C43H55N3O16S3/c1-30(9-15-37-42(2,19-7-27-63(50,51)52)33-28-31(64(53,54)55)12-14-36(33)45(37)22-24-61-26-25-60-5)10-16-38-43(3,20-23-59-4)34-29-32(65(56,57)58)11-13-35(34)44(38)21-6-8-41(49)62-46-39(47)17-18-40(46)48/h9-16,28-29H,6-8,17-27H2,1-5H3,(H2-,50,51,52,53,54,55,56,57,58)/p+1. The summed E-state index contributed by atoms with van der Waals surface area (Å²) in [6.07, 6.45) is 7.74. The molecule has 65 heavy (non-hydrogen) atoms. The van der Waals surface area contributed by atoms with Gasteiger partial charge in [-0.2, -0.15) is 29.8 Å². The molecule has 3 N–H and O–H groups in total. The number of rotatable bonds is 23. The van der Waals surface area contributed by atoms with Gasteiger partial charge in [-0.3, -0.25) is 23.2 Å². The predicted octanol–water partition coefficient (Wildman–Crippen LogP) is 4.46. The number of fused-ring (bicyclic) bond motifs is 2. The zero-order chi connectivity index (χ0) is 48.0. The Morgan fingerprint density at radius 1 is 0.815 bits per heavy atom. The van der Waals surface area contributed by atoms with Crippen LogP contribution in [0.4, 0.5) is 11.4 Å². The molecule has 3 aliphatic heterocycles. The molecule has 2 aromatic rings. The second kappa shape index (κ2) is 20.9. The van der Waals surface area contributed by atoms with Crippen LogP contribution in [0.15, 0.2) is 81.8 Å². The lowest BCUT2D eigenvalue weighted by Gasteiger charge is -2.30. The SMILES string of the molecule is COCCOCC[N+]1=C(C=CC(C)=CC=C2N(CCCC(=O)ON3C(=O)CCC3=O)c3ccc(S(=O)(=O)O)cc3C2(C)CCOC)C(C)(CCCS(=O)(=O)O)c2cc(S(=O)(=O)O)ccc21. The number of anilines is 1. The van der Waals surface area contributed by atoms with Crippen molar-refractivity contribution in [2.75, 3.05) is 64.4 Å². The van der Waals surface area contributed by atoms with Crippen molar-refractivity contribution < 1.29 is 76.9 Å². The molecule has 2 amide bonds. The summed E-state index contributed by atoms with van der Waals surface area (Å²) in [6.45, 7) is 7.18. The highest BCUT2D eigenvalue weighted by atomic mass is 32.2. The van der Waals surface area contributed by atoms with Gasteiger partial charge >= 0.3 is 5.97 Å². The summed E-state index contributed by atoms with van der Waals surface area (Å²) in [5.41, 5.74) is 2.37. The predicted molar refractivity (Wildman–Crippen MR) is 237 cm³/mol. The van der Waals surface area contributed by atoms with Gasteiger partial charge in [0.15, 0.2) is 12.3 Å². The molecule has 0 aromatic heterocycles. The summed E-state index contributed by atoms with van der Waals surface area (Å²) in [6, 6.07) is 8.45. The number of carbonyl (C=O) groups is 3. The van der Waals surface area contributed by atoms with Crippen molar-refractivity contribution in [3.05, 3.63) is 83.1 Å². The summed E-state index contributed by atoms with van der Waals surface area (Å²) in [7, 11) is -10.5. The second-order valence-electron chi connectivity index (χ2n) is 16.3. The van der Waals surface area contributed by atoms with Crippen LogP contribution in [0.2, 0.25) is 0 Å². The van der Waals surface area contributed by atoms with Gasteiger partial charge < -0.3 is 23.9 Å². The molecular formula is C43H56N3O16S3+. The summed E-state index contributed by atoms with van der Waals surface area (Å²) in [5, 5.41) is 0.482. The third kappa shape index (κ3) is 12.2. The average molecular weight is 967 g/mol. The maximum Gasteiger partial charge on any atom is 0.333 e. The van der Waals surface area contributed by atoms with Crippen LogP contribution in [0, 0.1) is 0 Å². The minimum Gasteiger partial charge on any atom is -0.385 e. The molecule has 19 nitrogen and oxygen atoms in total. The van der Waals surface area contributed by atoms with Gasteiger partial charge in [-0.15, -0.1) is 5.06 Å². The van der Waals surface area contributed by atoms with Crippen LogP contribution < -0.4 is 4.90 Å². The zero-order valence-electron chi connectivity index (χ0n) is 36.9.